The van der Waals surface area contributed by atoms with Crippen molar-refractivity contribution in [3.05, 3.63) is 23.8 Å². The number of aryl methyl sites for hydroxylation is 1. The van der Waals surface area contributed by atoms with Gasteiger partial charge in [0.1, 0.15) is 5.75 Å². The lowest BCUT2D eigenvalue weighted by atomic mass is 10.2. The maximum atomic E-state index is 11.8. The average molecular weight is 220 g/mol. The van der Waals surface area contributed by atoms with E-state index in [0.29, 0.717) is 5.69 Å². The van der Waals surface area contributed by atoms with E-state index in [9.17, 15) is 9.90 Å². The van der Waals surface area contributed by atoms with Crippen LogP contribution in [0.2, 0.25) is 0 Å². The van der Waals surface area contributed by atoms with Crippen molar-refractivity contribution >= 4 is 11.6 Å². The number of anilines is 1. The maximum absolute atomic E-state index is 11.8. The molecule has 0 radical (unpaired) electrons. The summed E-state index contributed by atoms with van der Waals surface area (Å²) >= 11 is 0. The number of benzene rings is 1. The minimum Gasteiger partial charge on any atom is -0.508 e. The third-order valence-corrected chi connectivity index (χ3v) is 2.85. The van der Waals surface area contributed by atoms with Crippen molar-refractivity contribution in [1.29, 1.82) is 0 Å². The van der Waals surface area contributed by atoms with Crippen LogP contribution < -0.4 is 10.6 Å². The lowest BCUT2D eigenvalue weighted by Crippen LogP contribution is -2.35. The largest absolute Gasteiger partial charge is 0.508 e. The standard InChI is InChI=1S/C12H16N2O2/c1-8-4-5-9(7-11(8)15)14-12(16)10-3-2-6-13-10/h4-5,7,10,13,15H,2-3,6H2,1H3,(H,14,16)/t10-/m1/s1. The molecule has 0 saturated carbocycles. The molecule has 16 heavy (non-hydrogen) atoms. The molecule has 1 aliphatic rings. The van der Waals surface area contributed by atoms with Crippen LogP contribution in [0.3, 0.4) is 0 Å². The second kappa shape index (κ2) is 4.53. The van der Waals surface area contributed by atoms with Crippen LogP contribution in [0.25, 0.3) is 0 Å². The van der Waals surface area contributed by atoms with Gasteiger partial charge in [-0.1, -0.05) is 6.07 Å². The van der Waals surface area contributed by atoms with Crippen LogP contribution in [0.4, 0.5) is 5.69 Å². The molecule has 1 fully saturated rings. The van der Waals surface area contributed by atoms with Gasteiger partial charge in [-0.15, -0.1) is 0 Å². The first-order valence-corrected chi connectivity index (χ1v) is 5.50. The van der Waals surface area contributed by atoms with Gasteiger partial charge in [-0.3, -0.25) is 4.79 Å². The van der Waals surface area contributed by atoms with Gasteiger partial charge >= 0.3 is 0 Å². The number of rotatable bonds is 2. The van der Waals surface area contributed by atoms with Crippen LogP contribution in [0.5, 0.6) is 5.75 Å². The summed E-state index contributed by atoms with van der Waals surface area (Å²) in [5.41, 5.74) is 1.44. The number of phenolic OH excluding ortho intramolecular Hbond substituents is 1. The summed E-state index contributed by atoms with van der Waals surface area (Å²) in [6, 6.07) is 5.06. The van der Waals surface area contributed by atoms with Gasteiger partial charge in [0.05, 0.1) is 6.04 Å². The second-order valence-electron chi connectivity index (χ2n) is 4.14. The first-order chi connectivity index (χ1) is 7.66. The Balaban J connectivity index is 2.02. The molecule has 0 unspecified atom stereocenters. The van der Waals surface area contributed by atoms with Crippen LogP contribution >= 0.6 is 0 Å². The molecule has 1 saturated heterocycles. The maximum Gasteiger partial charge on any atom is 0.241 e. The molecule has 1 aromatic rings. The number of hydrogen-bond donors (Lipinski definition) is 3. The van der Waals surface area contributed by atoms with Crippen molar-refractivity contribution in [3.8, 4) is 5.75 Å². The Kier molecular flexibility index (Phi) is 3.10. The van der Waals surface area contributed by atoms with E-state index < -0.39 is 0 Å². The summed E-state index contributed by atoms with van der Waals surface area (Å²) in [6.45, 7) is 2.72. The van der Waals surface area contributed by atoms with Gasteiger partial charge in [0.15, 0.2) is 0 Å². The molecule has 86 valence electrons. The number of amides is 1. The van der Waals surface area contributed by atoms with E-state index in [1.807, 2.05) is 6.92 Å². The molecule has 0 aromatic heterocycles. The number of aromatic hydroxyl groups is 1. The molecule has 4 nitrogen and oxygen atoms in total. The Bertz CT molecular complexity index is 398. The Morgan fingerprint density at radius 2 is 2.38 bits per heavy atom. The summed E-state index contributed by atoms with van der Waals surface area (Å²) in [5.74, 6) is 0.179. The first kappa shape index (κ1) is 11.0. The summed E-state index contributed by atoms with van der Waals surface area (Å²) < 4.78 is 0. The normalized spacial score (nSPS) is 19.7. The highest BCUT2D eigenvalue weighted by Crippen LogP contribution is 2.21. The molecule has 4 heteroatoms. The van der Waals surface area contributed by atoms with E-state index >= 15 is 0 Å². The highest BCUT2D eigenvalue weighted by atomic mass is 16.3. The fourth-order valence-corrected chi connectivity index (χ4v) is 1.82. The Morgan fingerprint density at radius 1 is 1.56 bits per heavy atom. The average Bonchev–Trinajstić information content (AvgIpc) is 2.77. The zero-order chi connectivity index (χ0) is 11.5. The van der Waals surface area contributed by atoms with Crippen molar-refractivity contribution in [1.82, 2.24) is 5.32 Å². The van der Waals surface area contributed by atoms with Gasteiger partial charge in [-0.2, -0.15) is 0 Å². The lowest BCUT2D eigenvalue weighted by Gasteiger charge is -2.11. The third kappa shape index (κ3) is 2.33. The molecular weight excluding hydrogens is 204 g/mol. The van der Waals surface area contributed by atoms with E-state index in [-0.39, 0.29) is 17.7 Å². The van der Waals surface area contributed by atoms with Gasteiger partial charge in [-0.25, -0.2) is 0 Å². The van der Waals surface area contributed by atoms with Gasteiger partial charge in [0, 0.05) is 11.8 Å². The quantitative estimate of drug-likeness (QED) is 0.706. The van der Waals surface area contributed by atoms with Gasteiger partial charge < -0.3 is 15.7 Å². The molecule has 2 rings (SSSR count). The van der Waals surface area contributed by atoms with Crippen LogP contribution in [0.15, 0.2) is 18.2 Å². The predicted octanol–water partition coefficient (Wildman–Crippen LogP) is 1.39. The van der Waals surface area contributed by atoms with Crippen LogP contribution in [-0.4, -0.2) is 23.6 Å². The number of phenols is 1. The summed E-state index contributed by atoms with van der Waals surface area (Å²) in [4.78, 5) is 11.8. The molecule has 1 atom stereocenters. The summed E-state index contributed by atoms with van der Waals surface area (Å²) in [6.07, 6.45) is 1.92. The fraction of sp³-hybridized carbons (Fsp3) is 0.417. The van der Waals surface area contributed by atoms with Crippen molar-refractivity contribution in [2.75, 3.05) is 11.9 Å². The summed E-state index contributed by atoms with van der Waals surface area (Å²) in [7, 11) is 0. The zero-order valence-electron chi connectivity index (χ0n) is 9.29. The third-order valence-electron chi connectivity index (χ3n) is 2.85. The lowest BCUT2D eigenvalue weighted by molar-refractivity contribution is -0.117. The van der Waals surface area contributed by atoms with Crippen LogP contribution in [0.1, 0.15) is 18.4 Å². The van der Waals surface area contributed by atoms with Crippen LogP contribution in [-0.2, 0) is 4.79 Å². The molecular formula is C12H16N2O2. The van der Waals surface area contributed by atoms with E-state index in [4.69, 9.17) is 0 Å². The zero-order valence-corrected chi connectivity index (χ0v) is 9.29. The molecule has 0 spiro atoms. The van der Waals surface area contributed by atoms with E-state index in [2.05, 4.69) is 10.6 Å². The summed E-state index contributed by atoms with van der Waals surface area (Å²) in [5, 5.41) is 15.4. The molecule has 1 aliphatic heterocycles. The molecule has 1 amide bonds. The number of carbonyl (C=O) groups excluding carboxylic acids is 1. The Hall–Kier alpha value is -1.55. The highest BCUT2D eigenvalue weighted by Gasteiger charge is 2.21. The second-order valence-corrected chi connectivity index (χ2v) is 4.14. The predicted molar refractivity (Wildman–Crippen MR) is 62.5 cm³/mol. The minimum atomic E-state index is -0.0940. The van der Waals surface area contributed by atoms with Crippen molar-refractivity contribution in [3.63, 3.8) is 0 Å². The minimum absolute atomic E-state index is 0.0271. The van der Waals surface area contributed by atoms with E-state index in [1.54, 1.807) is 18.2 Å². The van der Waals surface area contributed by atoms with Crippen molar-refractivity contribution in [2.45, 2.75) is 25.8 Å². The Labute approximate surface area is 94.7 Å². The fourth-order valence-electron chi connectivity index (χ4n) is 1.82. The van der Waals surface area contributed by atoms with Gasteiger partial charge in [0.2, 0.25) is 5.91 Å². The SMILES string of the molecule is Cc1ccc(NC(=O)[C@H]2CCCN2)cc1O. The van der Waals surface area contributed by atoms with E-state index in [0.717, 1.165) is 24.9 Å². The monoisotopic (exact) mass is 220 g/mol. The number of hydrogen-bond acceptors (Lipinski definition) is 3. The van der Waals surface area contributed by atoms with Crippen molar-refractivity contribution in [2.24, 2.45) is 0 Å². The molecule has 0 aliphatic carbocycles. The number of nitrogens with one attached hydrogen (secondary N) is 2. The first-order valence-electron chi connectivity index (χ1n) is 5.50. The van der Waals surface area contributed by atoms with Gasteiger partial charge in [0.25, 0.3) is 0 Å². The van der Waals surface area contributed by atoms with Crippen molar-refractivity contribution < 1.29 is 9.90 Å². The molecule has 1 aromatic carbocycles. The van der Waals surface area contributed by atoms with E-state index in [1.165, 1.54) is 0 Å². The molecule has 3 N–H and O–H groups in total. The highest BCUT2D eigenvalue weighted by molar-refractivity contribution is 5.95. The van der Waals surface area contributed by atoms with Gasteiger partial charge in [-0.05, 0) is 37.9 Å². The van der Waals surface area contributed by atoms with Crippen LogP contribution in [0, 0.1) is 6.92 Å². The molecule has 0 bridgehead atoms. The smallest absolute Gasteiger partial charge is 0.241 e. The number of carbonyl (C=O) groups is 1. The molecule has 1 heterocycles. The topological polar surface area (TPSA) is 61.4 Å². The Morgan fingerprint density at radius 3 is 3.00 bits per heavy atom.